The molecule has 1 atom stereocenters. The second kappa shape index (κ2) is 3.44. The second-order valence-electron chi connectivity index (χ2n) is 3.45. The van der Waals surface area contributed by atoms with Crippen LogP contribution < -0.4 is 5.90 Å². The smallest absolute Gasteiger partial charge is 0.123 e. The molecule has 0 aromatic heterocycles. The van der Waals surface area contributed by atoms with Crippen LogP contribution >= 0.6 is 0 Å². The van der Waals surface area contributed by atoms with Gasteiger partial charge in [0, 0.05) is 0 Å². The minimum absolute atomic E-state index is 0.0550. The van der Waals surface area contributed by atoms with Crippen LogP contribution in [0.3, 0.4) is 0 Å². The summed E-state index contributed by atoms with van der Waals surface area (Å²) in [4.78, 5) is 4.88. The van der Waals surface area contributed by atoms with Crippen molar-refractivity contribution in [3.05, 3.63) is 35.6 Å². The molecule has 1 aliphatic carbocycles. The van der Waals surface area contributed by atoms with Crippen molar-refractivity contribution in [2.75, 3.05) is 0 Å². The van der Waals surface area contributed by atoms with Gasteiger partial charge in [0.25, 0.3) is 0 Å². The van der Waals surface area contributed by atoms with Gasteiger partial charge in [-0.3, -0.25) is 4.84 Å². The fourth-order valence-electron chi connectivity index (χ4n) is 1.51. The first-order valence-corrected chi connectivity index (χ1v) is 4.42. The number of benzene rings is 1. The van der Waals surface area contributed by atoms with Gasteiger partial charge in [-0.25, -0.2) is 10.3 Å². The molecule has 0 amide bonds. The number of hydrogen-bond donors (Lipinski definition) is 1. The predicted molar refractivity (Wildman–Crippen MR) is 47.1 cm³/mol. The zero-order chi connectivity index (χ0) is 9.26. The highest BCUT2D eigenvalue weighted by Crippen LogP contribution is 2.42. The summed E-state index contributed by atoms with van der Waals surface area (Å²) < 4.78 is 12.6. The number of nitrogens with two attached hydrogens (primary N) is 1. The molecule has 3 heteroatoms. The van der Waals surface area contributed by atoms with Crippen LogP contribution in [0.5, 0.6) is 0 Å². The summed E-state index contributed by atoms with van der Waals surface area (Å²) in [6.07, 6.45) is 2.25. The average Bonchev–Trinajstić information content (AvgIpc) is 2.93. The molecule has 13 heavy (non-hydrogen) atoms. The summed E-state index contributed by atoms with van der Waals surface area (Å²) in [7, 11) is 0. The zero-order valence-electron chi connectivity index (χ0n) is 7.24. The first-order chi connectivity index (χ1) is 6.31. The molecule has 0 bridgehead atoms. The van der Waals surface area contributed by atoms with E-state index in [1.807, 2.05) is 0 Å². The van der Waals surface area contributed by atoms with Gasteiger partial charge in [0.1, 0.15) is 11.9 Å². The van der Waals surface area contributed by atoms with Crippen LogP contribution in [0.2, 0.25) is 0 Å². The van der Waals surface area contributed by atoms with Crippen molar-refractivity contribution in [3.8, 4) is 0 Å². The third-order valence-electron chi connectivity index (χ3n) is 2.40. The maximum absolute atomic E-state index is 12.6. The molecular formula is C10H12FNO. The predicted octanol–water partition coefficient (Wildman–Crippen LogP) is 2.17. The average molecular weight is 181 g/mol. The van der Waals surface area contributed by atoms with Crippen molar-refractivity contribution >= 4 is 0 Å². The highest BCUT2D eigenvalue weighted by molar-refractivity contribution is 5.20. The summed E-state index contributed by atoms with van der Waals surface area (Å²) in [5.74, 6) is 5.49. The van der Waals surface area contributed by atoms with Gasteiger partial charge in [0.05, 0.1) is 0 Å². The third kappa shape index (κ3) is 1.87. The van der Waals surface area contributed by atoms with E-state index in [0.717, 1.165) is 18.4 Å². The molecule has 0 saturated heterocycles. The highest BCUT2D eigenvalue weighted by Gasteiger charge is 2.32. The molecular weight excluding hydrogens is 169 g/mol. The Labute approximate surface area is 76.5 Å². The standard InChI is InChI=1S/C10H12FNO/c11-9-5-3-8(4-6-9)10(13-12)7-1-2-7/h3-7,10H,1-2,12H2. The molecule has 2 nitrogen and oxygen atoms in total. The molecule has 1 aromatic carbocycles. The molecule has 0 aliphatic heterocycles. The Morgan fingerprint density at radius 2 is 1.92 bits per heavy atom. The summed E-state index contributed by atoms with van der Waals surface area (Å²) in [5.41, 5.74) is 0.964. The van der Waals surface area contributed by atoms with Crippen LogP contribution in [0.1, 0.15) is 24.5 Å². The number of hydrogen-bond acceptors (Lipinski definition) is 2. The molecule has 1 aliphatic rings. The van der Waals surface area contributed by atoms with Gasteiger partial charge in [-0.1, -0.05) is 12.1 Å². The van der Waals surface area contributed by atoms with Gasteiger partial charge >= 0.3 is 0 Å². The van der Waals surface area contributed by atoms with Crippen LogP contribution in [0.4, 0.5) is 4.39 Å². The summed E-state index contributed by atoms with van der Waals surface area (Å²) in [5, 5.41) is 0. The lowest BCUT2D eigenvalue weighted by molar-refractivity contribution is 0.0367. The SMILES string of the molecule is NOC(c1ccc(F)cc1)C1CC1. The fourth-order valence-corrected chi connectivity index (χ4v) is 1.51. The fraction of sp³-hybridized carbons (Fsp3) is 0.400. The Bertz CT molecular complexity index is 281. The first-order valence-electron chi connectivity index (χ1n) is 4.42. The monoisotopic (exact) mass is 181 g/mol. The first kappa shape index (κ1) is 8.66. The number of rotatable bonds is 3. The Balaban J connectivity index is 2.17. The van der Waals surface area contributed by atoms with Gasteiger partial charge in [-0.05, 0) is 36.5 Å². The Kier molecular flexibility index (Phi) is 2.29. The maximum Gasteiger partial charge on any atom is 0.123 e. The van der Waals surface area contributed by atoms with Gasteiger partial charge in [0.15, 0.2) is 0 Å². The normalized spacial score (nSPS) is 18.6. The molecule has 70 valence electrons. The lowest BCUT2D eigenvalue weighted by Gasteiger charge is -2.13. The van der Waals surface area contributed by atoms with E-state index in [2.05, 4.69) is 0 Å². The van der Waals surface area contributed by atoms with E-state index in [1.54, 1.807) is 12.1 Å². The summed E-state index contributed by atoms with van der Waals surface area (Å²) in [6.45, 7) is 0. The Morgan fingerprint density at radius 1 is 1.31 bits per heavy atom. The molecule has 1 unspecified atom stereocenters. The van der Waals surface area contributed by atoms with E-state index < -0.39 is 0 Å². The number of halogens is 1. The molecule has 0 heterocycles. The molecule has 2 rings (SSSR count). The van der Waals surface area contributed by atoms with E-state index >= 15 is 0 Å². The van der Waals surface area contributed by atoms with E-state index in [4.69, 9.17) is 10.7 Å². The van der Waals surface area contributed by atoms with Gasteiger partial charge < -0.3 is 0 Å². The van der Waals surface area contributed by atoms with Crippen molar-refractivity contribution in [1.82, 2.24) is 0 Å². The van der Waals surface area contributed by atoms with Gasteiger partial charge in [0.2, 0.25) is 0 Å². The van der Waals surface area contributed by atoms with Crippen molar-refractivity contribution in [1.29, 1.82) is 0 Å². The molecule has 0 radical (unpaired) electrons. The van der Waals surface area contributed by atoms with Crippen molar-refractivity contribution < 1.29 is 9.23 Å². The van der Waals surface area contributed by atoms with Crippen LogP contribution in [-0.4, -0.2) is 0 Å². The lowest BCUT2D eigenvalue weighted by Crippen LogP contribution is -2.11. The largest absolute Gasteiger partial charge is 0.296 e. The second-order valence-corrected chi connectivity index (χ2v) is 3.45. The molecule has 1 fully saturated rings. The minimum Gasteiger partial charge on any atom is -0.296 e. The molecule has 1 aromatic rings. The quantitative estimate of drug-likeness (QED) is 0.725. The van der Waals surface area contributed by atoms with Crippen LogP contribution in [0, 0.1) is 11.7 Å². The third-order valence-corrected chi connectivity index (χ3v) is 2.40. The molecule has 0 spiro atoms. The Morgan fingerprint density at radius 3 is 2.38 bits per heavy atom. The van der Waals surface area contributed by atoms with E-state index in [1.165, 1.54) is 12.1 Å². The van der Waals surface area contributed by atoms with Gasteiger partial charge in [-0.2, -0.15) is 0 Å². The molecule has 1 saturated carbocycles. The van der Waals surface area contributed by atoms with Crippen LogP contribution in [0.15, 0.2) is 24.3 Å². The minimum atomic E-state index is -0.227. The summed E-state index contributed by atoms with van der Waals surface area (Å²) in [6, 6.07) is 6.32. The topological polar surface area (TPSA) is 35.2 Å². The van der Waals surface area contributed by atoms with E-state index in [9.17, 15) is 4.39 Å². The van der Waals surface area contributed by atoms with Gasteiger partial charge in [-0.15, -0.1) is 0 Å². The van der Waals surface area contributed by atoms with E-state index in [-0.39, 0.29) is 11.9 Å². The Hall–Kier alpha value is -0.930. The molecule has 2 N–H and O–H groups in total. The lowest BCUT2D eigenvalue weighted by atomic mass is 10.1. The highest BCUT2D eigenvalue weighted by atomic mass is 19.1. The zero-order valence-corrected chi connectivity index (χ0v) is 7.24. The van der Waals surface area contributed by atoms with Crippen molar-refractivity contribution in [2.45, 2.75) is 18.9 Å². The van der Waals surface area contributed by atoms with Crippen LogP contribution in [-0.2, 0) is 4.84 Å². The van der Waals surface area contributed by atoms with E-state index in [0.29, 0.717) is 5.92 Å². The van der Waals surface area contributed by atoms with Crippen molar-refractivity contribution in [2.24, 2.45) is 11.8 Å². The summed E-state index contributed by atoms with van der Waals surface area (Å²) >= 11 is 0. The van der Waals surface area contributed by atoms with Crippen LogP contribution in [0.25, 0.3) is 0 Å². The maximum atomic E-state index is 12.6. The van der Waals surface area contributed by atoms with Crippen molar-refractivity contribution in [3.63, 3.8) is 0 Å².